The van der Waals surface area contributed by atoms with Gasteiger partial charge < -0.3 is 5.11 Å². The highest BCUT2D eigenvalue weighted by Gasteiger charge is 2.25. The summed E-state index contributed by atoms with van der Waals surface area (Å²) in [6.45, 7) is 1.14. The number of sulfonamides is 1. The van der Waals surface area contributed by atoms with Crippen LogP contribution in [0.5, 0.6) is 0 Å². The molecule has 0 aliphatic heterocycles. The largest absolute Gasteiger partial charge is 0.480 e. The summed E-state index contributed by atoms with van der Waals surface area (Å²) in [6, 6.07) is 6.43. The van der Waals surface area contributed by atoms with Crippen LogP contribution < -0.4 is 0 Å². The Labute approximate surface area is 127 Å². The Kier molecular flexibility index (Phi) is 4.18. The van der Waals surface area contributed by atoms with Gasteiger partial charge in [-0.3, -0.25) is 4.79 Å². The molecule has 0 radical (unpaired) electrons. The van der Waals surface area contributed by atoms with E-state index in [2.05, 4.69) is 4.98 Å². The molecule has 2 aromatic rings. The maximum absolute atomic E-state index is 12.5. The van der Waals surface area contributed by atoms with E-state index >= 15 is 0 Å². The standard InChI is InChI=1S/C13H13ClN2O4S/c1-8-6-9-4-3-5-10(12(9)15-13(8)14)21(19,20)16(2)7-11(17)18/h3-6H,7H2,1-2H3,(H,17,18). The lowest BCUT2D eigenvalue weighted by molar-refractivity contribution is -0.137. The average Bonchev–Trinajstić information content (AvgIpc) is 2.38. The summed E-state index contributed by atoms with van der Waals surface area (Å²) in [5.41, 5.74) is 0.961. The Hall–Kier alpha value is -1.70. The topological polar surface area (TPSA) is 87.6 Å². The normalized spacial score (nSPS) is 12.0. The van der Waals surface area contributed by atoms with Crippen LogP contribution in [0.2, 0.25) is 5.15 Å². The lowest BCUT2D eigenvalue weighted by Gasteiger charge is -2.16. The first kappa shape index (κ1) is 15.7. The molecule has 0 aliphatic carbocycles. The smallest absolute Gasteiger partial charge is 0.318 e. The minimum Gasteiger partial charge on any atom is -0.480 e. The monoisotopic (exact) mass is 328 g/mol. The van der Waals surface area contributed by atoms with E-state index in [9.17, 15) is 13.2 Å². The second-order valence-corrected chi connectivity index (χ2v) is 6.95. The van der Waals surface area contributed by atoms with Gasteiger partial charge in [0.05, 0.1) is 5.52 Å². The van der Waals surface area contributed by atoms with Crippen molar-refractivity contribution in [2.45, 2.75) is 11.8 Å². The zero-order valence-electron chi connectivity index (χ0n) is 11.4. The van der Waals surface area contributed by atoms with E-state index in [1.165, 1.54) is 13.1 Å². The Morgan fingerprint density at radius 1 is 1.43 bits per heavy atom. The maximum atomic E-state index is 12.5. The van der Waals surface area contributed by atoms with Crippen LogP contribution in [0.15, 0.2) is 29.2 Å². The number of carboxylic acids is 1. The van der Waals surface area contributed by atoms with Crippen molar-refractivity contribution < 1.29 is 18.3 Å². The van der Waals surface area contributed by atoms with Crippen molar-refractivity contribution in [3.8, 4) is 0 Å². The SMILES string of the molecule is Cc1cc2cccc(S(=O)(=O)N(C)CC(=O)O)c2nc1Cl. The number of carboxylic acid groups (broad SMARTS) is 1. The zero-order valence-corrected chi connectivity index (χ0v) is 12.9. The van der Waals surface area contributed by atoms with Crippen LogP contribution in [0.25, 0.3) is 10.9 Å². The van der Waals surface area contributed by atoms with Crippen LogP contribution in [-0.4, -0.2) is 42.4 Å². The zero-order chi connectivity index (χ0) is 15.8. The van der Waals surface area contributed by atoms with Crippen molar-refractivity contribution in [2.24, 2.45) is 0 Å². The van der Waals surface area contributed by atoms with Gasteiger partial charge in [0.15, 0.2) is 0 Å². The molecule has 0 saturated carbocycles. The summed E-state index contributed by atoms with van der Waals surface area (Å²) in [6.07, 6.45) is 0. The summed E-state index contributed by atoms with van der Waals surface area (Å²) >= 11 is 5.96. The second kappa shape index (κ2) is 5.59. The molecule has 0 saturated heterocycles. The first-order valence-corrected chi connectivity index (χ1v) is 7.79. The van der Waals surface area contributed by atoms with Gasteiger partial charge in [-0.25, -0.2) is 13.4 Å². The molecule has 8 heteroatoms. The van der Waals surface area contributed by atoms with E-state index < -0.39 is 22.5 Å². The third-order valence-corrected chi connectivity index (χ3v) is 5.20. The minimum absolute atomic E-state index is 0.0642. The summed E-state index contributed by atoms with van der Waals surface area (Å²) < 4.78 is 25.7. The number of benzene rings is 1. The molecular formula is C13H13ClN2O4S. The van der Waals surface area contributed by atoms with Crippen molar-refractivity contribution in [1.82, 2.24) is 9.29 Å². The van der Waals surface area contributed by atoms with Gasteiger partial charge in [-0.15, -0.1) is 0 Å². The summed E-state index contributed by atoms with van der Waals surface area (Å²) in [5, 5.41) is 9.59. The van der Waals surface area contributed by atoms with E-state index in [0.29, 0.717) is 5.39 Å². The highest BCUT2D eigenvalue weighted by molar-refractivity contribution is 7.89. The molecule has 0 fully saturated rings. The number of aryl methyl sites for hydroxylation is 1. The Morgan fingerprint density at radius 3 is 2.71 bits per heavy atom. The van der Waals surface area contributed by atoms with Gasteiger partial charge in [0, 0.05) is 12.4 Å². The van der Waals surface area contributed by atoms with Crippen molar-refractivity contribution in [3.63, 3.8) is 0 Å². The molecule has 112 valence electrons. The van der Waals surface area contributed by atoms with Crippen LogP contribution >= 0.6 is 11.6 Å². The molecule has 0 aliphatic rings. The number of aromatic nitrogens is 1. The van der Waals surface area contributed by atoms with Gasteiger partial charge in [0.25, 0.3) is 0 Å². The van der Waals surface area contributed by atoms with E-state index in [0.717, 1.165) is 9.87 Å². The molecule has 0 spiro atoms. The van der Waals surface area contributed by atoms with E-state index in [1.807, 2.05) is 0 Å². The lowest BCUT2D eigenvalue weighted by Crippen LogP contribution is -2.32. The predicted molar refractivity (Wildman–Crippen MR) is 78.9 cm³/mol. The Balaban J connectivity index is 2.66. The number of likely N-dealkylation sites (N-methyl/N-ethyl adjacent to an activating group) is 1. The van der Waals surface area contributed by atoms with Crippen LogP contribution in [0.4, 0.5) is 0 Å². The molecule has 1 aromatic carbocycles. The number of nitrogens with zero attached hydrogens (tertiary/aromatic N) is 2. The Morgan fingerprint density at radius 2 is 2.10 bits per heavy atom. The average molecular weight is 329 g/mol. The number of hydrogen-bond acceptors (Lipinski definition) is 4. The fourth-order valence-electron chi connectivity index (χ4n) is 1.91. The third kappa shape index (κ3) is 2.99. The number of pyridine rings is 1. The molecule has 0 amide bonds. The van der Waals surface area contributed by atoms with Gasteiger partial charge in [0.2, 0.25) is 10.0 Å². The van der Waals surface area contributed by atoms with Crippen LogP contribution in [0.3, 0.4) is 0 Å². The first-order chi connectivity index (χ1) is 9.73. The predicted octanol–water partition coefficient (Wildman–Crippen LogP) is 1.90. The molecule has 1 N–H and O–H groups in total. The number of carbonyl (C=O) groups is 1. The van der Waals surface area contributed by atoms with Gasteiger partial charge in [-0.1, -0.05) is 23.7 Å². The minimum atomic E-state index is -3.96. The number of fused-ring (bicyclic) bond motifs is 1. The molecule has 0 unspecified atom stereocenters. The molecular weight excluding hydrogens is 316 g/mol. The highest BCUT2D eigenvalue weighted by Crippen LogP contribution is 2.27. The van der Waals surface area contributed by atoms with Crippen molar-refractivity contribution in [1.29, 1.82) is 0 Å². The summed E-state index contributed by atoms with van der Waals surface area (Å²) in [7, 11) is -2.75. The van der Waals surface area contributed by atoms with Crippen LogP contribution in [-0.2, 0) is 14.8 Å². The third-order valence-electron chi connectivity index (χ3n) is 2.98. The van der Waals surface area contributed by atoms with Crippen LogP contribution in [0.1, 0.15) is 5.56 Å². The number of para-hydroxylation sites is 1. The number of hydrogen-bond donors (Lipinski definition) is 1. The lowest BCUT2D eigenvalue weighted by atomic mass is 10.2. The van der Waals surface area contributed by atoms with E-state index in [-0.39, 0.29) is 15.6 Å². The van der Waals surface area contributed by atoms with E-state index in [1.54, 1.807) is 25.1 Å². The molecule has 0 atom stereocenters. The molecule has 21 heavy (non-hydrogen) atoms. The van der Waals surface area contributed by atoms with E-state index in [4.69, 9.17) is 16.7 Å². The molecule has 1 aromatic heterocycles. The molecule has 0 bridgehead atoms. The number of halogens is 1. The molecule has 2 rings (SSSR count). The number of aliphatic carboxylic acids is 1. The fraction of sp³-hybridized carbons (Fsp3) is 0.231. The molecule has 1 heterocycles. The van der Waals surface area contributed by atoms with Gasteiger partial charge in [-0.2, -0.15) is 4.31 Å². The van der Waals surface area contributed by atoms with Crippen molar-refractivity contribution in [2.75, 3.05) is 13.6 Å². The molecule has 6 nitrogen and oxygen atoms in total. The summed E-state index contributed by atoms with van der Waals surface area (Å²) in [4.78, 5) is 14.8. The van der Waals surface area contributed by atoms with Crippen molar-refractivity contribution in [3.05, 3.63) is 35.0 Å². The maximum Gasteiger partial charge on any atom is 0.318 e. The van der Waals surface area contributed by atoms with Gasteiger partial charge in [0.1, 0.15) is 16.6 Å². The van der Waals surface area contributed by atoms with Gasteiger partial charge >= 0.3 is 5.97 Å². The Bertz CT molecular complexity index is 820. The second-order valence-electron chi connectivity index (χ2n) is 4.58. The van der Waals surface area contributed by atoms with Crippen LogP contribution in [0, 0.1) is 6.92 Å². The number of rotatable bonds is 4. The summed E-state index contributed by atoms with van der Waals surface area (Å²) in [5.74, 6) is -1.23. The van der Waals surface area contributed by atoms with Gasteiger partial charge in [-0.05, 0) is 24.6 Å². The quantitative estimate of drug-likeness (QED) is 0.866. The highest BCUT2D eigenvalue weighted by atomic mass is 35.5. The fourth-order valence-corrected chi connectivity index (χ4v) is 3.32. The first-order valence-electron chi connectivity index (χ1n) is 5.97. The van der Waals surface area contributed by atoms with Crippen molar-refractivity contribution >= 4 is 38.5 Å².